The Bertz CT molecular complexity index is 1590. The van der Waals surface area contributed by atoms with Gasteiger partial charge in [0.25, 0.3) is 0 Å². The zero-order valence-electron chi connectivity index (χ0n) is 26.7. The molecule has 0 bridgehead atoms. The van der Waals surface area contributed by atoms with E-state index in [0.717, 1.165) is 22.3 Å². The van der Waals surface area contributed by atoms with Gasteiger partial charge in [0.2, 0.25) is 0 Å². The molecule has 0 amide bonds. The molecule has 47 heavy (non-hydrogen) atoms. The Kier molecular flexibility index (Phi) is 12.7. The van der Waals surface area contributed by atoms with E-state index >= 15 is 0 Å². The maximum atomic E-state index is 7.05. The molecule has 5 nitrogen and oxygen atoms in total. The van der Waals surface area contributed by atoms with Gasteiger partial charge in [0.05, 0.1) is 0 Å². The summed E-state index contributed by atoms with van der Waals surface area (Å²) in [5.74, 6) is 0. The number of hydrogen-bond donors (Lipinski definition) is 0. The van der Waals surface area contributed by atoms with Gasteiger partial charge in [-0.3, -0.25) is 0 Å². The minimum absolute atomic E-state index is 0.158. The summed E-state index contributed by atoms with van der Waals surface area (Å²) in [4.78, 5) is 0. The fourth-order valence-corrected chi connectivity index (χ4v) is 8.81. The van der Waals surface area contributed by atoms with Crippen molar-refractivity contribution >= 4 is 24.5 Å². The van der Waals surface area contributed by atoms with Crippen LogP contribution in [-0.4, -0.2) is 56.1 Å². The van der Waals surface area contributed by atoms with E-state index in [1.165, 1.54) is 9.17 Å². The Morgan fingerprint density at radius 3 is 1.40 bits per heavy atom. The third-order valence-corrected chi connectivity index (χ3v) is 11.4. The van der Waals surface area contributed by atoms with Crippen LogP contribution in [0.2, 0.25) is 0 Å². The van der Waals surface area contributed by atoms with E-state index in [9.17, 15) is 0 Å². The Labute approximate surface area is 288 Å². The molecule has 5 aromatic rings. The van der Waals surface area contributed by atoms with Crippen LogP contribution in [0, 0.1) is 6.92 Å². The van der Waals surface area contributed by atoms with Crippen molar-refractivity contribution in [3.63, 3.8) is 0 Å². The fraction of sp³-hybridized carbons (Fsp3) is 0.268. The SMILES string of the molecule is Cc1ccc([Te][C@@H]2O[C@H](COCc3ccccc3)[C@@H](OCc3ccccc3)[C@H](OCc3ccccc3)[C@H]2OCc2ccccc2)cc1. The van der Waals surface area contributed by atoms with Crippen molar-refractivity contribution in [1.29, 1.82) is 0 Å². The number of ether oxygens (including phenoxy) is 5. The van der Waals surface area contributed by atoms with Crippen molar-refractivity contribution in [3.8, 4) is 0 Å². The molecule has 0 N–H and O–H groups in total. The first-order valence-electron chi connectivity index (χ1n) is 16.2. The monoisotopic (exact) mass is 744 g/mol. The molecule has 0 aliphatic carbocycles. The maximum absolute atomic E-state index is 7.05. The number of hydrogen-bond acceptors (Lipinski definition) is 5. The van der Waals surface area contributed by atoms with E-state index in [4.69, 9.17) is 23.7 Å². The molecule has 1 heterocycles. The van der Waals surface area contributed by atoms with E-state index in [1.54, 1.807) is 0 Å². The van der Waals surface area contributed by atoms with Gasteiger partial charge in [-0.15, -0.1) is 0 Å². The average molecular weight is 742 g/mol. The van der Waals surface area contributed by atoms with Crippen molar-refractivity contribution < 1.29 is 23.7 Å². The summed E-state index contributed by atoms with van der Waals surface area (Å²) < 4.78 is 35.1. The standard InChI is InChI=1S/C41H42O5Te/c1-31-22-24-36(25-23-31)47-41-40(45-29-35-20-12-5-13-21-35)39(44-28-34-18-10-4-11-19-34)38(43-27-33-16-8-3-9-17-33)37(46-41)30-42-26-32-14-6-2-7-15-32/h2-25,37-41H,26-30H2,1H3/t37-,38-,39+,40-,41+/m1/s1. The van der Waals surface area contributed by atoms with Crippen LogP contribution >= 0.6 is 0 Å². The molecule has 1 aliphatic rings. The summed E-state index contributed by atoms with van der Waals surface area (Å²) in [5.41, 5.74) is 5.67. The van der Waals surface area contributed by atoms with Crippen LogP contribution in [0.1, 0.15) is 27.8 Å². The zero-order valence-corrected chi connectivity index (χ0v) is 29.1. The van der Waals surface area contributed by atoms with Crippen molar-refractivity contribution in [2.45, 2.75) is 61.9 Å². The van der Waals surface area contributed by atoms with Gasteiger partial charge in [-0.05, 0) is 0 Å². The van der Waals surface area contributed by atoms with Gasteiger partial charge in [-0.25, -0.2) is 0 Å². The summed E-state index contributed by atoms with van der Waals surface area (Å²) >= 11 is -0.859. The predicted octanol–water partition coefficient (Wildman–Crippen LogP) is 7.02. The third kappa shape index (κ3) is 10.1. The molecular formula is C41H42O5Te. The molecule has 0 unspecified atom stereocenters. The summed E-state index contributed by atoms with van der Waals surface area (Å²) in [5, 5.41) is 0. The second-order valence-electron chi connectivity index (χ2n) is 11.8. The molecular weight excluding hydrogens is 700 g/mol. The first-order chi connectivity index (χ1) is 23.2. The van der Waals surface area contributed by atoms with Gasteiger partial charge in [-0.1, -0.05) is 0 Å². The second-order valence-corrected chi connectivity index (χ2v) is 15.1. The molecule has 1 fully saturated rings. The molecule has 0 aromatic heterocycles. The van der Waals surface area contributed by atoms with Gasteiger partial charge in [0.15, 0.2) is 0 Å². The van der Waals surface area contributed by atoms with Crippen LogP contribution in [0.4, 0.5) is 0 Å². The second kappa shape index (κ2) is 17.7. The minimum atomic E-state index is -0.859. The first kappa shape index (κ1) is 33.6. The van der Waals surface area contributed by atoms with E-state index in [1.807, 2.05) is 72.8 Å². The van der Waals surface area contributed by atoms with Crippen LogP contribution in [0.15, 0.2) is 146 Å². The summed E-state index contributed by atoms with van der Waals surface area (Å²) in [6.45, 7) is 4.32. The number of benzene rings is 5. The Morgan fingerprint density at radius 1 is 0.489 bits per heavy atom. The molecule has 5 aromatic carbocycles. The van der Waals surface area contributed by atoms with Crippen molar-refractivity contribution in [1.82, 2.24) is 0 Å². The Hall–Kier alpha value is -3.31. The van der Waals surface area contributed by atoms with Crippen LogP contribution in [0.5, 0.6) is 0 Å². The Balaban J connectivity index is 1.31. The van der Waals surface area contributed by atoms with Crippen molar-refractivity contribution in [2.24, 2.45) is 0 Å². The van der Waals surface area contributed by atoms with Crippen LogP contribution in [0.3, 0.4) is 0 Å². The molecule has 1 saturated heterocycles. The number of rotatable bonds is 15. The van der Waals surface area contributed by atoms with Gasteiger partial charge in [-0.2, -0.15) is 0 Å². The van der Waals surface area contributed by atoms with Gasteiger partial charge in [0.1, 0.15) is 0 Å². The summed E-state index contributed by atoms with van der Waals surface area (Å²) in [6, 6.07) is 49.9. The molecule has 6 rings (SSSR count). The molecule has 1 aliphatic heterocycles. The van der Waals surface area contributed by atoms with Crippen LogP contribution < -0.4 is 3.61 Å². The molecule has 242 valence electrons. The molecule has 0 radical (unpaired) electrons. The topological polar surface area (TPSA) is 46.2 Å². The van der Waals surface area contributed by atoms with Crippen molar-refractivity contribution in [2.75, 3.05) is 6.61 Å². The molecule has 6 heteroatoms. The molecule has 0 saturated carbocycles. The van der Waals surface area contributed by atoms with Gasteiger partial charge >= 0.3 is 290 Å². The normalized spacial score (nSPS) is 21.0. The van der Waals surface area contributed by atoms with E-state index in [-0.39, 0.29) is 22.5 Å². The van der Waals surface area contributed by atoms with E-state index in [0.29, 0.717) is 33.0 Å². The van der Waals surface area contributed by atoms with Gasteiger partial charge in [0, 0.05) is 0 Å². The Morgan fingerprint density at radius 2 is 0.915 bits per heavy atom. The summed E-state index contributed by atoms with van der Waals surface area (Å²) in [7, 11) is 0. The first-order valence-corrected chi connectivity index (χ1v) is 18.7. The van der Waals surface area contributed by atoms with Gasteiger partial charge < -0.3 is 0 Å². The predicted molar refractivity (Wildman–Crippen MR) is 186 cm³/mol. The fourth-order valence-electron chi connectivity index (χ4n) is 5.59. The van der Waals surface area contributed by atoms with Crippen LogP contribution in [-0.2, 0) is 50.1 Å². The van der Waals surface area contributed by atoms with Crippen LogP contribution in [0.25, 0.3) is 0 Å². The van der Waals surface area contributed by atoms with E-state index in [2.05, 4.69) is 79.7 Å². The third-order valence-electron chi connectivity index (χ3n) is 8.11. The van der Waals surface area contributed by atoms with Crippen molar-refractivity contribution in [3.05, 3.63) is 173 Å². The quantitative estimate of drug-likeness (QED) is 0.108. The van der Waals surface area contributed by atoms with E-state index < -0.39 is 27.0 Å². The zero-order chi connectivity index (χ0) is 32.1. The summed E-state index contributed by atoms with van der Waals surface area (Å²) in [6.07, 6.45) is -1.49. The number of aryl methyl sites for hydroxylation is 1. The molecule has 0 spiro atoms. The molecule has 5 atom stereocenters. The average Bonchev–Trinajstić information content (AvgIpc) is 3.12.